The third-order valence-corrected chi connectivity index (χ3v) is 4.15. The first-order chi connectivity index (χ1) is 10.0. The molecule has 114 valence electrons. The normalized spacial score (nSPS) is 22.1. The van der Waals surface area contributed by atoms with Gasteiger partial charge in [0.1, 0.15) is 5.56 Å². The fraction of sp³-hybridized carbons (Fsp3) is 0.500. The van der Waals surface area contributed by atoms with Crippen LogP contribution in [0.3, 0.4) is 0 Å². The maximum absolute atomic E-state index is 12.5. The Morgan fingerprint density at radius 1 is 1.62 bits per heavy atom. The molecule has 2 rings (SSSR count). The fourth-order valence-corrected chi connectivity index (χ4v) is 2.96. The lowest BCUT2D eigenvalue weighted by molar-refractivity contribution is 0.0284. The second-order valence-corrected chi connectivity index (χ2v) is 5.88. The van der Waals surface area contributed by atoms with Gasteiger partial charge in [-0.15, -0.1) is 6.58 Å². The molecular formula is C16H22N2O3. The molecule has 1 saturated heterocycles. The highest BCUT2D eigenvalue weighted by molar-refractivity contribution is 5.93. The minimum atomic E-state index is -0.326. The number of aromatic nitrogens is 1. The Balaban J connectivity index is 2.22. The number of allylic oxidation sites excluding steroid dienone is 1. The maximum atomic E-state index is 12.5. The van der Waals surface area contributed by atoms with E-state index < -0.39 is 0 Å². The quantitative estimate of drug-likeness (QED) is 0.825. The van der Waals surface area contributed by atoms with Gasteiger partial charge < -0.3 is 15.0 Å². The number of hydrogen-bond donors (Lipinski definition) is 2. The minimum Gasteiger partial charge on any atom is -0.396 e. The first-order valence-electron chi connectivity index (χ1n) is 7.22. The first kappa shape index (κ1) is 15.5. The van der Waals surface area contributed by atoms with E-state index in [1.807, 2.05) is 0 Å². The molecule has 2 heterocycles. The van der Waals surface area contributed by atoms with Crippen molar-refractivity contribution in [2.45, 2.75) is 26.2 Å². The van der Waals surface area contributed by atoms with Gasteiger partial charge in [0.05, 0.1) is 6.61 Å². The molecule has 1 unspecified atom stereocenters. The van der Waals surface area contributed by atoms with Crippen LogP contribution < -0.4 is 5.43 Å². The highest BCUT2D eigenvalue weighted by Gasteiger charge is 2.36. The molecule has 21 heavy (non-hydrogen) atoms. The van der Waals surface area contributed by atoms with Crippen molar-refractivity contribution < 1.29 is 9.90 Å². The zero-order valence-corrected chi connectivity index (χ0v) is 12.4. The Labute approximate surface area is 124 Å². The molecule has 5 heteroatoms. The van der Waals surface area contributed by atoms with Crippen molar-refractivity contribution in [3.63, 3.8) is 0 Å². The summed E-state index contributed by atoms with van der Waals surface area (Å²) in [6.07, 6.45) is 5.61. The molecule has 1 fully saturated rings. The Morgan fingerprint density at radius 3 is 3.00 bits per heavy atom. The van der Waals surface area contributed by atoms with Crippen LogP contribution in [0.2, 0.25) is 0 Å². The number of hydrogen-bond acceptors (Lipinski definition) is 3. The molecule has 1 aliphatic heterocycles. The van der Waals surface area contributed by atoms with E-state index >= 15 is 0 Å². The molecular weight excluding hydrogens is 268 g/mol. The number of H-pyrrole nitrogens is 1. The number of nitrogens with one attached hydrogen (secondary N) is 1. The average molecular weight is 290 g/mol. The van der Waals surface area contributed by atoms with Crippen molar-refractivity contribution in [1.82, 2.24) is 9.88 Å². The zero-order chi connectivity index (χ0) is 15.5. The number of pyridine rings is 1. The standard InChI is InChI=1S/C16H22N2O3/c1-3-5-16(11-19)6-4-7-18(10-16)15(21)13-9-17-12(2)8-14(13)20/h3,8-9,19H,1,4-7,10-11H2,2H3,(H,17,20). The van der Waals surface area contributed by atoms with Gasteiger partial charge in [-0.25, -0.2) is 0 Å². The number of piperidine rings is 1. The molecule has 0 saturated carbocycles. The van der Waals surface area contributed by atoms with Gasteiger partial charge in [-0.1, -0.05) is 6.08 Å². The van der Waals surface area contributed by atoms with E-state index in [9.17, 15) is 14.7 Å². The number of rotatable bonds is 4. The molecule has 2 N–H and O–H groups in total. The predicted octanol–water partition coefficient (Wildman–Crippen LogP) is 1.47. The highest BCUT2D eigenvalue weighted by atomic mass is 16.3. The molecule has 1 aromatic heterocycles. The van der Waals surface area contributed by atoms with Crippen molar-refractivity contribution >= 4 is 5.91 Å². The number of carbonyl (C=O) groups excluding carboxylic acids is 1. The summed E-state index contributed by atoms with van der Waals surface area (Å²) in [5, 5.41) is 9.68. The molecule has 0 bridgehead atoms. The van der Waals surface area contributed by atoms with E-state index in [-0.39, 0.29) is 28.9 Å². The molecule has 1 aromatic rings. The number of nitrogens with zero attached hydrogens (tertiary/aromatic N) is 1. The number of likely N-dealkylation sites (tertiary alicyclic amines) is 1. The molecule has 1 aliphatic rings. The first-order valence-corrected chi connectivity index (χ1v) is 7.22. The Bertz CT molecular complexity index is 593. The van der Waals surface area contributed by atoms with Gasteiger partial charge >= 0.3 is 0 Å². The smallest absolute Gasteiger partial charge is 0.259 e. The average Bonchev–Trinajstić information content (AvgIpc) is 2.47. The second kappa shape index (κ2) is 6.26. The summed E-state index contributed by atoms with van der Waals surface area (Å²) in [6.45, 7) is 6.60. The summed E-state index contributed by atoms with van der Waals surface area (Å²) in [5.41, 5.74) is 0.298. The van der Waals surface area contributed by atoms with E-state index in [0.29, 0.717) is 19.5 Å². The Kier molecular flexibility index (Phi) is 4.63. The number of aliphatic hydroxyl groups excluding tert-OH is 1. The molecule has 1 atom stereocenters. The monoisotopic (exact) mass is 290 g/mol. The number of aryl methyl sites for hydroxylation is 1. The van der Waals surface area contributed by atoms with Crippen LogP contribution in [0.25, 0.3) is 0 Å². The van der Waals surface area contributed by atoms with Gasteiger partial charge in [0.2, 0.25) is 0 Å². The lowest BCUT2D eigenvalue weighted by Gasteiger charge is -2.41. The summed E-state index contributed by atoms with van der Waals surface area (Å²) in [6, 6.07) is 1.43. The molecule has 0 aromatic carbocycles. The van der Waals surface area contributed by atoms with Crippen LogP contribution in [0, 0.1) is 12.3 Å². The van der Waals surface area contributed by atoms with Crippen LogP contribution in [-0.2, 0) is 0 Å². The van der Waals surface area contributed by atoms with Gasteiger partial charge in [-0.2, -0.15) is 0 Å². The largest absolute Gasteiger partial charge is 0.396 e. The van der Waals surface area contributed by atoms with Crippen molar-refractivity contribution in [2.75, 3.05) is 19.7 Å². The van der Waals surface area contributed by atoms with E-state index in [1.165, 1.54) is 12.3 Å². The molecule has 0 radical (unpaired) electrons. The topological polar surface area (TPSA) is 73.4 Å². The van der Waals surface area contributed by atoms with E-state index in [2.05, 4.69) is 11.6 Å². The Morgan fingerprint density at radius 2 is 2.38 bits per heavy atom. The summed E-state index contributed by atoms with van der Waals surface area (Å²) in [7, 11) is 0. The van der Waals surface area contributed by atoms with Gasteiger partial charge in [0.15, 0.2) is 5.43 Å². The third-order valence-electron chi connectivity index (χ3n) is 4.15. The summed E-state index contributed by atoms with van der Waals surface area (Å²) in [4.78, 5) is 29.1. The zero-order valence-electron chi connectivity index (χ0n) is 12.4. The lowest BCUT2D eigenvalue weighted by Crippen LogP contribution is -2.48. The van der Waals surface area contributed by atoms with Crippen LogP contribution >= 0.6 is 0 Å². The van der Waals surface area contributed by atoms with E-state index in [0.717, 1.165) is 18.5 Å². The molecule has 0 spiro atoms. The minimum absolute atomic E-state index is 0.0209. The summed E-state index contributed by atoms with van der Waals surface area (Å²) >= 11 is 0. The van der Waals surface area contributed by atoms with E-state index in [1.54, 1.807) is 17.9 Å². The second-order valence-electron chi connectivity index (χ2n) is 5.88. The number of amides is 1. The van der Waals surface area contributed by atoms with Crippen LogP contribution in [0.4, 0.5) is 0 Å². The van der Waals surface area contributed by atoms with Gasteiger partial charge in [-0.3, -0.25) is 9.59 Å². The molecule has 5 nitrogen and oxygen atoms in total. The third kappa shape index (κ3) is 3.24. The van der Waals surface area contributed by atoms with Crippen LogP contribution in [0.15, 0.2) is 29.7 Å². The summed E-state index contributed by atoms with van der Waals surface area (Å²) < 4.78 is 0. The summed E-state index contributed by atoms with van der Waals surface area (Å²) in [5.74, 6) is -0.266. The van der Waals surface area contributed by atoms with Gasteiger partial charge in [-0.05, 0) is 26.2 Å². The Hall–Kier alpha value is -1.88. The predicted molar refractivity (Wildman–Crippen MR) is 81.3 cm³/mol. The lowest BCUT2D eigenvalue weighted by atomic mass is 9.77. The van der Waals surface area contributed by atoms with Crippen molar-refractivity contribution in [3.05, 3.63) is 46.4 Å². The van der Waals surface area contributed by atoms with Crippen molar-refractivity contribution in [3.8, 4) is 0 Å². The van der Waals surface area contributed by atoms with Crippen molar-refractivity contribution in [1.29, 1.82) is 0 Å². The fourth-order valence-electron chi connectivity index (χ4n) is 2.96. The SMILES string of the molecule is C=CCC1(CO)CCCN(C(=O)c2c[nH]c(C)cc2=O)C1. The van der Waals surface area contributed by atoms with Crippen LogP contribution in [0.1, 0.15) is 35.3 Å². The number of aromatic amines is 1. The molecule has 1 amide bonds. The van der Waals surface area contributed by atoms with Crippen LogP contribution in [-0.4, -0.2) is 40.6 Å². The number of aliphatic hydroxyl groups is 1. The molecule has 0 aliphatic carbocycles. The maximum Gasteiger partial charge on any atom is 0.259 e. The highest BCUT2D eigenvalue weighted by Crippen LogP contribution is 2.33. The number of carbonyl (C=O) groups is 1. The van der Waals surface area contributed by atoms with Crippen molar-refractivity contribution in [2.24, 2.45) is 5.41 Å². The van der Waals surface area contributed by atoms with Crippen LogP contribution in [0.5, 0.6) is 0 Å². The van der Waals surface area contributed by atoms with Gasteiger partial charge in [0, 0.05) is 36.5 Å². The van der Waals surface area contributed by atoms with E-state index in [4.69, 9.17) is 0 Å². The van der Waals surface area contributed by atoms with Gasteiger partial charge in [0.25, 0.3) is 5.91 Å².